The molecule has 1 fully saturated rings. The minimum Gasteiger partial charge on any atom is -0.375 e. The molecule has 7 heteroatoms. The third kappa shape index (κ3) is 5.93. The first kappa shape index (κ1) is 20.6. The molecule has 1 amide bonds. The summed E-state index contributed by atoms with van der Waals surface area (Å²) in [5.41, 5.74) is 1.78. The molecule has 0 unspecified atom stereocenters. The molecule has 1 saturated heterocycles. The number of piperazine rings is 1. The number of carbonyl (C=O) groups is 1. The van der Waals surface area contributed by atoms with Crippen LogP contribution in [0.25, 0.3) is 0 Å². The molecule has 1 aromatic heterocycles. The normalized spacial score (nSPS) is 14.3. The summed E-state index contributed by atoms with van der Waals surface area (Å²) >= 11 is 0. The summed E-state index contributed by atoms with van der Waals surface area (Å²) in [5, 5.41) is 12.3. The summed E-state index contributed by atoms with van der Waals surface area (Å²) < 4.78 is 0. The predicted octanol–water partition coefficient (Wildman–Crippen LogP) is 1.72. The zero-order valence-corrected chi connectivity index (χ0v) is 16.9. The number of benzene rings is 1. The summed E-state index contributed by atoms with van der Waals surface area (Å²) in [5.74, 6) is 0.804. The van der Waals surface area contributed by atoms with E-state index in [1.807, 2.05) is 18.2 Å². The Balaban J connectivity index is 1.34. The average Bonchev–Trinajstić information content (AvgIpc) is 2.77. The highest BCUT2D eigenvalue weighted by Crippen LogP contribution is 2.17. The van der Waals surface area contributed by atoms with Gasteiger partial charge in [-0.2, -0.15) is 5.26 Å². The Morgan fingerprint density at radius 1 is 1.17 bits per heavy atom. The average molecular weight is 393 g/mol. The van der Waals surface area contributed by atoms with Gasteiger partial charge in [0.25, 0.3) is 0 Å². The summed E-state index contributed by atoms with van der Waals surface area (Å²) in [4.78, 5) is 23.0. The molecular weight excluding hydrogens is 364 g/mol. The molecule has 1 aliphatic rings. The molecule has 0 spiro atoms. The van der Waals surface area contributed by atoms with E-state index in [1.165, 1.54) is 5.69 Å². The number of aromatic nitrogens is 1. The molecule has 3 rings (SSSR count). The van der Waals surface area contributed by atoms with Crippen molar-refractivity contribution in [2.24, 2.45) is 0 Å². The second-order valence-electron chi connectivity index (χ2n) is 7.21. The van der Waals surface area contributed by atoms with E-state index in [1.54, 1.807) is 18.3 Å². The minimum absolute atomic E-state index is 0.0661. The van der Waals surface area contributed by atoms with Gasteiger partial charge in [-0.05, 0) is 30.7 Å². The Hall–Kier alpha value is -3.11. The van der Waals surface area contributed by atoms with E-state index >= 15 is 0 Å². The highest BCUT2D eigenvalue weighted by Gasteiger charge is 2.21. The van der Waals surface area contributed by atoms with E-state index in [9.17, 15) is 10.1 Å². The lowest BCUT2D eigenvalue weighted by atomic mass is 10.2. The van der Waals surface area contributed by atoms with Crippen LogP contribution in [0, 0.1) is 11.3 Å². The van der Waals surface area contributed by atoms with Crippen molar-refractivity contribution in [3.8, 4) is 6.07 Å². The number of amides is 1. The van der Waals surface area contributed by atoms with Gasteiger partial charge in [-0.25, -0.2) is 4.98 Å². The first-order chi connectivity index (χ1) is 14.2. The number of carbonyl (C=O) groups excluding carboxylic acids is 1. The third-order valence-electron chi connectivity index (χ3n) is 5.14. The van der Waals surface area contributed by atoms with Crippen LogP contribution in [0.5, 0.6) is 0 Å². The molecule has 0 aliphatic carbocycles. The molecule has 0 atom stereocenters. The Labute approximate surface area is 172 Å². The van der Waals surface area contributed by atoms with E-state index in [4.69, 9.17) is 0 Å². The van der Waals surface area contributed by atoms with E-state index in [-0.39, 0.29) is 5.91 Å². The highest BCUT2D eigenvalue weighted by molar-refractivity contribution is 5.78. The van der Waals surface area contributed by atoms with Crippen LogP contribution in [0.15, 0.2) is 48.7 Å². The second-order valence-corrected chi connectivity index (χ2v) is 7.21. The highest BCUT2D eigenvalue weighted by atomic mass is 16.2. The summed E-state index contributed by atoms with van der Waals surface area (Å²) in [7, 11) is 2.07. The van der Waals surface area contributed by atoms with Crippen LogP contribution < -0.4 is 15.1 Å². The first-order valence-corrected chi connectivity index (χ1v) is 10.0. The zero-order chi connectivity index (χ0) is 20.5. The van der Waals surface area contributed by atoms with Crippen molar-refractivity contribution >= 4 is 17.4 Å². The van der Waals surface area contributed by atoms with Crippen molar-refractivity contribution in [1.29, 1.82) is 5.26 Å². The number of hydrogen-bond donors (Lipinski definition) is 1. The predicted molar refractivity (Wildman–Crippen MR) is 115 cm³/mol. The number of nitriles is 1. The number of hydrogen-bond acceptors (Lipinski definition) is 6. The SMILES string of the molecule is CN(CCCNC(=O)CN1CCN(c2ncccc2C#N)CC1)c1ccccc1. The molecule has 0 bridgehead atoms. The fourth-order valence-electron chi connectivity index (χ4n) is 3.47. The molecule has 152 valence electrons. The monoisotopic (exact) mass is 392 g/mol. The van der Waals surface area contributed by atoms with E-state index in [0.29, 0.717) is 18.7 Å². The van der Waals surface area contributed by atoms with Gasteiger partial charge in [0.1, 0.15) is 11.9 Å². The van der Waals surface area contributed by atoms with Gasteiger partial charge >= 0.3 is 0 Å². The van der Waals surface area contributed by atoms with Crippen LogP contribution in [-0.2, 0) is 4.79 Å². The van der Waals surface area contributed by atoms with Gasteiger partial charge in [-0.15, -0.1) is 0 Å². The number of nitrogens with zero attached hydrogens (tertiary/aromatic N) is 5. The Morgan fingerprint density at radius 3 is 2.66 bits per heavy atom. The van der Waals surface area contributed by atoms with Gasteiger partial charge in [0, 0.05) is 58.2 Å². The van der Waals surface area contributed by atoms with Crippen molar-refractivity contribution in [3.63, 3.8) is 0 Å². The van der Waals surface area contributed by atoms with Gasteiger partial charge in [0.2, 0.25) is 5.91 Å². The van der Waals surface area contributed by atoms with E-state index in [0.717, 1.165) is 45.0 Å². The maximum Gasteiger partial charge on any atom is 0.234 e. The molecule has 1 aliphatic heterocycles. The minimum atomic E-state index is 0.0661. The summed E-state index contributed by atoms with van der Waals surface area (Å²) in [6.45, 7) is 5.08. The lowest BCUT2D eigenvalue weighted by molar-refractivity contribution is -0.122. The molecule has 1 N–H and O–H groups in total. The van der Waals surface area contributed by atoms with Crippen LogP contribution in [0.2, 0.25) is 0 Å². The van der Waals surface area contributed by atoms with Crippen molar-refractivity contribution in [1.82, 2.24) is 15.2 Å². The fourth-order valence-corrected chi connectivity index (χ4v) is 3.47. The van der Waals surface area contributed by atoms with Gasteiger partial charge < -0.3 is 15.1 Å². The second kappa shape index (κ2) is 10.4. The largest absolute Gasteiger partial charge is 0.375 e. The van der Waals surface area contributed by atoms with Crippen LogP contribution in [0.3, 0.4) is 0 Å². The van der Waals surface area contributed by atoms with Crippen LogP contribution in [-0.4, -0.2) is 68.7 Å². The van der Waals surface area contributed by atoms with Gasteiger partial charge in [-0.3, -0.25) is 9.69 Å². The maximum atomic E-state index is 12.2. The number of rotatable bonds is 8. The Bertz CT molecular complexity index is 827. The molecule has 2 heterocycles. The van der Waals surface area contributed by atoms with E-state index < -0.39 is 0 Å². The van der Waals surface area contributed by atoms with Gasteiger partial charge in [0.15, 0.2) is 0 Å². The molecule has 2 aromatic rings. The van der Waals surface area contributed by atoms with Crippen LogP contribution in [0.4, 0.5) is 11.5 Å². The van der Waals surface area contributed by atoms with Crippen molar-refractivity contribution < 1.29 is 4.79 Å². The van der Waals surface area contributed by atoms with Crippen LogP contribution in [0.1, 0.15) is 12.0 Å². The Morgan fingerprint density at radius 2 is 1.93 bits per heavy atom. The number of para-hydroxylation sites is 1. The molecule has 7 nitrogen and oxygen atoms in total. The smallest absolute Gasteiger partial charge is 0.234 e. The number of anilines is 2. The first-order valence-electron chi connectivity index (χ1n) is 10.0. The lowest BCUT2D eigenvalue weighted by Gasteiger charge is -2.35. The molecule has 0 saturated carbocycles. The van der Waals surface area contributed by atoms with Crippen molar-refractivity contribution in [2.75, 3.05) is 62.7 Å². The molecule has 0 radical (unpaired) electrons. The summed E-state index contributed by atoms with van der Waals surface area (Å²) in [6.07, 6.45) is 2.62. The quantitative estimate of drug-likeness (QED) is 0.690. The fraction of sp³-hybridized carbons (Fsp3) is 0.409. The molecule has 1 aromatic carbocycles. The van der Waals surface area contributed by atoms with E-state index in [2.05, 4.69) is 50.3 Å². The number of pyridine rings is 1. The van der Waals surface area contributed by atoms with Crippen molar-refractivity contribution in [2.45, 2.75) is 6.42 Å². The third-order valence-corrected chi connectivity index (χ3v) is 5.14. The lowest BCUT2D eigenvalue weighted by Crippen LogP contribution is -2.50. The standard InChI is InChI=1S/C22H28N6O/c1-26(20-8-3-2-4-9-20)12-6-11-24-21(29)18-27-13-15-28(16-14-27)22-19(17-23)7-5-10-25-22/h2-5,7-10H,6,11-16,18H2,1H3,(H,24,29). The topological polar surface area (TPSA) is 75.5 Å². The molecule has 29 heavy (non-hydrogen) atoms. The van der Waals surface area contributed by atoms with Gasteiger partial charge in [0.05, 0.1) is 12.1 Å². The van der Waals surface area contributed by atoms with Crippen LogP contribution >= 0.6 is 0 Å². The number of nitrogens with one attached hydrogen (secondary N) is 1. The zero-order valence-electron chi connectivity index (χ0n) is 16.9. The molecular formula is C22H28N6O. The van der Waals surface area contributed by atoms with Crippen molar-refractivity contribution in [3.05, 3.63) is 54.2 Å². The van der Waals surface area contributed by atoms with Gasteiger partial charge in [-0.1, -0.05) is 18.2 Å². The summed E-state index contributed by atoms with van der Waals surface area (Å²) in [6, 6.07) is 16.0. The Kier molecular flexibility index (Phi) is 7.42. The maximum absolute atomic E-state index is 12.2.